The molecule has 0 bridgehead atoms. The standard InChI is InChI=1S/C11H18O4/c1-4-6-9(7-10(12)13)11(14)15-8(3)5-2/h4,8-9H,1,5-7H2,2-3H3,(H,12,13). The van der Waals surface area contributed by atoms with Crippen molar-refractivity contribution in [2.75, 3.05) is 0 Å². The van der Waals surface area contributed by atoms with Crippen LogP contribution in [0.3, 0.4) is 0 Å². The van der Waals surface area contributed by atoms with Gasteiger partial charge in [0.2, 0.25) is 0 Å². The van der Waals surface area contributed by atoms with Crippen molar-refractivity contribution in [1.29, 1.82) is 0 Å². The molecule has 1 N–H and O–H groups in total. The van der Waals surface area contributed by atoms with E-state index in [1.807, 2.05) is 6.92 Å². The SMILES string of the molecule is C=CCC(CC(=O)O)C(=O)OC(C)CC. The number of ether oxygens (including phenoxy) is 1. The molecule has 0 heterocycles. The summed E-state index contributed by atoms with van der Waals surface area (Å²) in [5, 5.41) is 8.61. The topological polar surface area (TPSA) is 63.6 Å². The number of aliphatic carboxylic acids is 1. The molecule has 0 amide bonds. The van der Waals surface area contributed by atoms with Crippen molar-refractivity contribution in [3.8, 4) is 0 Å². The molecule has 0 spiro atoms. The summed E-state index contributed by atoms with van der Waals surface area (Å²) in [4.78, 5) is 22.0. The number of hydrogen-bond donors (Lipinski definition) is 1. The molecule has 86 valence electrons. The van der Waals surface area contributed by atoms with Crippen molar-refractivity contribution >= 4 is 11.9 Å². The van der Waals surface area contributed by atoms with Crippen LogP contribution in [0.1, 0.15) is 33.1 Å². The minimum absolute atomic E-state index is 0.168. The highest BCUT2D eigenvalue weighted by Crippen LogP contribution is 2.13. The molecule has 0 aliphatic carbocycles. The van der Waals surface area contributed by atoms with Crippen LogP contribution in [0, 0.1) is 5.92 Å². The Kier molecular flexibility index (Phi) is 6.42. The predicted molar refractivity (Wildman–Crippen MR) is 56.4 cm³/mol. The van der Waals surface area contributed by atoms with Gasteiger partial charge >= 0.3 is 11.9 Å². The number of esters is 1. The highest BCUT2D eigenvalue weighted by Gasteiger charge is 2.23. The zero-order chi connectivity index (χ0) is 11.8. The summed E-state index contributed by atoms with van der Waals surface area (Å²) in [5.41, 5.74) is 0. The van der Waals surface area contributed by atoms with E-state index in [2.05, 4.69) is 6.58 Å². The third-order valence-corrected chi connectivity index (χ3v) is 2.10. The first kappa shape index (κ1) is 13.7. The fourth-order valence-corrected chi connectivity index (χ4v) is 1.05. The molecule has 0 radical (unpaired) electrons. The van der Waals surface area contributed by atoms with E-state index in [-0.39, 0.29) is 12.5 Å². The summed E-state index contributed by atoms with van der Waals surface area (Å²) in [6, 6.07) is 0. The Morgan fingerprint density at radius 1 is 1.53 bits per heavy atom. The Balaban J connectivity index is 4.27. The van der Waals surface area contributed by atoms with Crippen molar-refractivity contribution in [3.05, 3.63) is 12.7 Å². The van der Waals surface area contributed by atoms with Crippen LogP contribution >= 0.6 is 0 Å². The average Bonchev–Trinajstić information content (AvgIpc) is 2.16. The van der Waals surface area contributed by atoms with Gasteiger partial charge in [-0.2, -0.15) is 0 Å². The predicted octanol–water partition coefficient (Wildman–Crippen LogP) is 2.00. The van der Waals surface area contributed by atoms with E-state index in [9.17, 15) is 9.59 Å². The van der Waals surface area contributed by atoms with Gasteiger partial charge in [-0.1, -0.05) is 13.0 Å². The van der Waals surface area contributed by atoms with Crippen molar-refractivity contribution in [3.63, 3.8) is 0 Å². The Hall–Kier alpha value is -1.32. The molecule has 0 saturated heterocycles. The quantitative estimate of drug-likeness (QED) is 0.520. The molecule has 0 aliphatic rings. The fourth-order valence-electron chi connectivity index (χ4n) is 1.05. The third kappa shape index (κ3) is 5.88. The fraction of sp³-hybridized carbons (Fsp3) is 0.636. The highest BCUT2D eigenvalue weighted by atomic mass is 16.5. The maximum Gasteiger partial charge on any atom is 0.310 e. The Morgan fingerprint density at radius 3 is 2.53 bits per heavy atom. The Labute approximate surface area is 89.9 Å². The van der Waals surface area contributed by atoms with E-state index in [1.54, 1.807) is 6.92 Å². The number of carbonyl (C=O) groups is 2. The number of carboxylic acid groups (broad SMARTS) is 1. The van der Waals surface area contributed by atoms with Crippen LogP contribution in [0.2, 0.25) is 0 Å². The van der Waals surface area contributed by atoms with Gasteiger partial charge in [0.1, 0.15) is 0 Å². The molecule has 0 aromatic heterocycles. The summed E-state index contributed by atoms with van der Waals surface area (Å²) in [7, 11) is 0. The van der Waals surface area contributed by atoms with E-state index < -0.39 is 17.9 Å². The van der Waals surface area contributed by atoms with Crippen LogP contribution in [0.5, 0.6) is 0 Å². The number of hydrogen-bond acceptors (Lipinski definition) is 3. The van der Waals surface area contributed by atoms with E-state index in [4.69, 9.17) is 9.84 Å². The van der Waals surface area contributed by atoms with Crippen LogP contribution in [0.25, 0.3) is 0 Å². The molecule has 0 aromatic rings. The lowest BCUT2D eigenvalue weighted by molar-refractivity contribution is -0.156. The van der Waals surface area contributed by atoms with Crippen LogP contribution < -0.4 is 0 Å². The number of rotatable bonds is 7. The third-order valence-electron chi connectivity index (χ3n) is 2.10. The average molecular weight is 214 g/mol. The Morgan fingerprint density at radius 2 is 2.13 bits per heavy atom. The minimum atomic E-state index is -0.997. The van der Waals surface area contributed by atoms with Crippen molar-refractivity contribution < 1.29 is 19.4 Å². The zero-order valence-corrected chi connectivity index (χ0v) is 9.23. The molecule has 0 aliphatic heterocycles. The van der Waals surface area contributed by atoms with E-state index >= 15 is 0 Å². The molecule has 0 saturated carbocycles. The van der Waals surface area contributed by atoms with Crippen molar-refractivity contribution in [2.45, 2.75) is 39.2 Å². The van der Waals surface area contributed by atoms with Gasteiger partial charge in [-0.3, -0.25) is 9.59 Å². The summed E-state index contributed by atoms with van der Waals surface area (Å²) in [6.45, 7) is 7.17. The van der Waals surface area contributed by atoms with Crippen LogP contribution in [-0.2, 0) is 14.3 Å². The second-order valence-corrected chi connectivity index (χ2v) is 3.47. The van der Waals surface area contributed by atoms with Gasteiger partial charge in [-0.25, -0.2) is 0 Å². The number of carboxylic acids is 1. The first-order valence-corrected chi connectivity index (χ1v) is 5.04. The monoisotopic (exact) mass is 214 g/mol. The molecule has 15 heavy (non-hydrogen) atoms. The molecule has 2 atom stereocenters. The molecule has 4 nitrogen and oxygen atoms in total. The van der Waals surface area contributed by atoms with Gasteiger partial charge in [0, 0.05) is 0 Å². The lowest BCUT2D eigenvalue weighted by Gasteiger charge is -2.16. The molecule has 0 rings (SSSR count). The summed E-state index contributed by atoms with van der Waals surface area (Å²) in [5.74, 6) is -2.07. The van der Waals surface area contributed by atoms with E-state index in [0.29, 0.717) is 6.42 Å². The van der Waals surface area contributed by atoms with Crippen molar-refractivity contribution in [2.24, 2.45) is 5.92 Å². The highest BCUT2D eigenvalue weighted by molar-refractivity contribution is 5.79. The minimum Gasteiger partial charge on any atom is -0.481 e. The summed E-state index contributed by atoms with van der Waals surface area (Å²) >= 11 is 0. The number of carbonyl (C=O) groups excluding carboxylic acids is 1. The first-order chi connectivity index (χ1) is 7.01. The molecule has 2 unspecified atom stereocenters. The van der Waals surface area contributed by atoms with Crippen LogP contribution in [0.4, 0.5) is 0 Å². The van der Waals surface area contributed by atoms with Crippen LogP contribution in [-0.4, -0.2) is 23.1 Å². The van der Waals surface area contributed by atoms with E-state index in [0.717, 1.165) is 6.42 Å². The van der Waals surface area contributed by atoms with Crippen molar-refractivity contribution in [1.82, 2.24) is 0 Å². The molecular weight excluding hydrogens is 196 g/mol. The van der Waals surface area contributed by atoms with Gasteiger partial charge in [-0.05, 0) is 19.8 Å². The largest absolute Gasteiger partial charge is 0.481 e. The molecule has 0 aromatic carbocycles. The Bertz CT molecular complexity index is 235. The maximum atomic E-state index is 11.5. The zero-order valence-electron chi connectivity index (χ0n) is 9.23. The van der Waals surface area contributed by atoms with Gasteiger partial charge in [0.05, 0.1) is 18.4 Å². The number of allylic oxidation sites excluding steroid dienone is 1. The first-order valence-electron chi connectivity index (χ1n) is 5.04. The molecule has 4 heteroatoms. The normalized spacial score (nSPS) is 14.0. The molecule has 0 fully saturated rings. The summed E-state index contributed by atoms with van der Waals surface area (Å²) in [6.07, 6.45) is 2.21. The lowest BCUT2D eigenvalue weighted by atomic mass is 10.0. The lowest BCUT2D eigenvalue weighted by Crippen LogP contribution is -2.24. The van der Waals surface area contributed by atoms with E-state index in [1.165, 1.54) is 6.08 Å². The van der Waals surface area contributed by atoms with Gasteiger partial charge in [-0.15, -0.1) is 6.58 Å². The second-order valence-electron chi connectivity index (χ2n) is 3.47. The maximum absolute atomic E-state index is 11.5. The smallest absolute Gasteiger partial charge is 0.310 e. The summed E-state index contributed by atoms with van der Waals surface area (Å²) < 4.78 is 5.07. The van der Waals surface area contributed by atoms with Gasteiger partial charge < -0.3 is 9.84 Å². The van der Waals surface area contributed by atoms with Crippen LogP contribution in [0.15, 0.2) is 12.7 Å². The molecular formula is C11H18O4. The van der Waals surface area contributed by atoms with Gasteiger partial charge in [0.25, 0.3) is 0 Å². The van der Waals surface area contributed by atoms with Gasteiger partial charge in [0.15, 0.2) is 0 Å². The second kappa shape index (κ2) is 7.04.